The van der Waals surface area contributed by atoms with E-state index in [-0.39, 0.29) is 17.5 Å². The monoisotopic (exact) mass is 361 g/mol. The summed E-state index contributed by atoms with van der Waals surface area (Å²) in [5.41, 5.74) is 0.478. The number of hydrogen-bond acceptors (Lipinski definition) is 5. The Morgan fingerprint density at radius 2 is 2.32 bits per heavy atom. The van der Waals surface area contributed by atoms with E-state index < -0.39 is 0 Å². The van der Waals surface area contributed by atoms with E-state index in [1.165, 1.54) is 17.8 Å². The summed E-state index contributed by atoms with van der Waals surface area (Å²) in [4.78, 5) is 33.1. The first-order chi connectivity index (χ1) is 12.1. The largest absolute Gasteiger partial charge is 0.339 e. The Morgan fingerprint density at radius 3 is 3.08 bits per heavy atom. The normalized spacial score (nSPS) is 17.6. The second-order valence-electron chi connectivity index (χ2n) is 6.28. The van der Waals surface area contributed by atoms with E-state index in [0.29, 0.717) is 16.6 Å². The van der Waals surface area contributed by atoms with Crippen LogP contribution in [-0.2, 0) is 11.3 Å². The summed E-state index contributed by atoms with van der Waals surface area (Å²) in [6.07, 6.45) is 7.89. The summed E-state index contributed by atoms with van der Waals surface area (Å²) in [7, 11) is 0. The summed E-state index contributed by atoms with van der Waals surface area (Å²) >= 11 is 1.29. The zero-order valence-corrected chi connectivity index (χ0v) is 15.2. The molecule has 0 aromatic carbocycles. The third-order valence-electron chi connectivity index (χ3n) is 4.38. The molecule has 0 radical (unpaired) electrons. The molecule has 0 aliphatic carbocycles. The highest BCUT2D eigenvalue weighted by Crippen LogP contribution is 2.22. The van der Waals surface area contributed by atoms with Crippen molar-refractivity contribution in [2.45, 2.75) is 50.4 Å². The predicted octanol–water partition coefficient (Wildman–Crippen LogP) is 1.84. The van der Waals surface area contributed by atoms with Gasteiger partial charge in [-0.15, -0.1) is 0 Å². The molecule has 1 unspecified atom stereocenters. The number of aromatic amines is 1. The lowest BCUT2D eigenvalue weighted by molar-refractivity contribution is -0.132. The van der Waals surface area contributed by atoms with Gasteiger partial charge in [-0.05, 0) is 38.7 Å². The Hall–Kier alpha value is -2.09. The molecule has 3 rings (SSSR count). The molecule has 1 amide bonds. The molecule has 1 saturated heterocycles. The number of carbonyl (C=O) groups is 1. The first-order valence-electron chi connectivity index (χ1n) is 8.59. The molecule has 0 bridgehead atoms. The Bertz CT molecular complexity index is 759. The number of piperidine rings is 1. The van der Waals surface area contributed by atoms with Gasteiger partial charge in [0.15, 0.2) is 5.16 Å². The van der Waals surface area contributed by atoms with Gasteiger partial charge in [0.05, 0.1) is 5.75 Å². The van der Waals surface area contributed by atoms with Gasteiger partial charge < -0.3 is 9.88 Å². The average molecular weight is 361 g/mol. The van der Waals surface area contributed by atoms with Crippen LogP contribution in [0.3, 0.4) is 0 Å². The summed E-state index contributed by atoms with van der Waals surface area (Å²) in [6.45, 7) is 3.40. The van der Waals surface area contributed by atoms with E-state index in [9.17, 15) is 9.59 Å². The van der Waals surface area contributed by atoms with E-state index in [1.54, 1.807) is 13.1 Å². The number of H-pyrrole nitrogens is 1. The highest BCUT2D eigenvalue weighted by Gasteiger charge is 2.26. The lowest BCUT2D eigenvalue weighted by Crippen LogP contribution is -2.45. The fourth-order valence-corrected chi connectivity index (χ4v) is 3.98. The molecule has 1 N–H and O–H groups in total. The fraction of sp³-hybridized carbons (Fsp3) is 0.529. The average Bonchev–Trinajstić information content (AvgIpc) is 3.11. The third-order valence-corrected chi connectivity index (χ3v) is 5.24. The molecule has 25 heavy (non-hydrogen) atoms. The molecule has 8 heteroatoms. The number of aryl methyl sites for hydroxylation is 2. The third kappa shape index (κ3) is 4.94. The minimum atomic E-state index is -0.183. The van der Waals surface area contributed by atoms with Gasteiger partial charge in [-0.25, -0.2) is 4.98 Å². The van der Waals surface area contributed by atoms with E-state index >= 15 is 0 Å². The van der Waals surface area contributed by atoms with Crippen LogP contribution in [0.2, 0.25) is 0 Å². The number of hydrogen-bond donors (Lipinski definition) is 1. The van der Waals surface area contributed by atoms with Gasteiger partial charge in [0.25, 0.3) is 5.56 Å². The van der Waals surface area contributed by atoms with Crippen LogP contribution in [-0.4, -0.2) is 48.9 Å². The lowest BCUT2D eigenvalue weighted by Gasteiger charge is -2.36. The van der Waals surface area contributed by atoms with Gasteiger partial charge in [-0.2, -0.15) is 5.10 Å². The summed E-state index contributed by atoms with van der Waals surface area (Å²) in [5, 5.41) is 4.73. The topological polar surface area (TPSA) is 83.9 Å². The summed E-state index contributed by atoms with van der Waals surface area (Å²) in [6, 6.07) is 3.62. The van der Waals surface area contributed by atoms with Gasteiger partial charge in [0, 0.05) is 43.3 Å². The maximum absolute atomic E-state index is 12.7. The minimum Gasteiger partial charge on any atom is -0.339 e. The van der Waals surface area contributed by atoms with Crippen LogP contribution < -0.4 is 5.56 Å². The molecular weight excluding hydrogens is 338 g/mol. The van der Waals surface area contributed by atoms with Crippen molar-refractivity contribution in [1.82, 2.24) is 24.6 Å². The van der Waals surface area contributed by atoms with Crippen LogP contribution in [0, 0.1) is 6.92 Å². The highest BCUT2D eigenvalue weighted by molar-refractivity contribution is 7.99. The maximum atomic E-state index is 12.7. The number of likely N-dealkylation sites (tertiary alicyclic amines) is 1. The molecule has 1 fully saturated rings. The molecule has 0 saturated carbocycles. The van der Waals surface area contributed by atoms with Crippen molar-refractivity contribution in [1.29, 1.82) is 0 Å². The fourth-order valence-electron chi connectivity index (χ4n) is 3.18. The number of amides is 1. The van der Waals surface area contributed by atoms with E-state index in [0.717, 1.165) is 38.8 Å². The van der Waals surface area contributed by atoms with Gasteiger partial charge in [-0.1, -0.05) is 11.8 Å². The molecule has 2 aromatic rings. The number of aromatic nitrogens is 4. The van der Waals surface area contributed by atoms with Crippen molar-refractivity contribution >= 4 is 17.7 Å². The van der Waals surface area contributed by atoms with E-state index in [1.807, 2.05) is 21.8 Å². The van der Waals surface area contributed by atoms with Gasteiger partial charge in [0.1, 0.15) is 0 Å². The molecule has 134 valence electrons. The molecule has 0 spiro atoms. The minimum absolute atomic E-state index is 0.110. The van der Waals surface area contributed by atoms with Crippen LogP contribution in [0.1, 0.15) is 31.4 Å². The van der Waals surface area contributed by atoms with Crippen LogP contribution in [0.15, 0.2) is 34.5 Å². The van der Waals surface area contributed by atoms with Crippen molar-refractivity contribution in [2.24, 2.45) is 0 Å². The quantitative estimate of drug-likeness (QED) is 0.627. The predicted molar refractivity (Wildman–Crippen MR) is 96.5 cm³/mol. The van der Waals surface area contributed by atoms with Crippen LogP contribution >= 0.6 is 11.8 Å². The summed E-state index contributed by atoms with van der Waals surface area (Å²) in [5.74, 6) is 0.407. The number of carbonyl (C=O) groups excluding carboxylic acids is 1. The molecule has 1 atom stereocenters. The van der Waals surface area contributed by atoms with Crippen LogP contribution in [0.25, 0.3) is 0 Å². The van der Waals surface area contributed by atoms with E-state index in [4.69, 9.17) is 0 Å². The Morgan fingerprint density at radius 1 is 1.44 bits per heavy atom. The standard InChI is InChI=1S/C17H23N5O2S/c1-13-11-15(23)20-17(19-13)25-12-16(24)22-9-3-2-5-14(22)6-10-21-8-4-7-18-21/h4,7-8,11,14H,2-3,5-6,9-10,12H2,1H3,(H,19,20,23). The second kappa shape index (κ2) is 8.33. The first-order valence-corrected chi connectivity index (χ1v) is 9.58. The lowest BCUT2D eigenvalue weighted by atomic mass is 9.99. The number of nitrogens with one attached hydrogen (secondary N) is 1. The number of thioether (sulfide) groups is 1. The van der Waals surface area contributed by atoms with Crippen LogP contribution in [0.5, 0.6) is 0 Å². The Labute approximate surface area is 150 Å². The van der Waals surface area contributed by atoms with Crippen molar-refractivity contribution in [3.05, 3.63) is 40.6 Å². The summed E-state index contributed by atoms with van der Waals surface area (Å²) < 4.78 is 1.91. The molecule has 7 nitrogen and oxygen atoms in total. The molecule has 1 aliphatic heterocycles. The molecule has 3 heterocycles. The van der Waals surface area contributed by atoms with Crippen LogP contribution in [0.4, 0.5) is 0 Å². The zero-order chi connectivity index (χ0) is 17.6. The van der Waals surface area contributed by atoms with Crippen molar-refractivity contribution in [3.63, 3.8) is 0 Å². The molecule has 2 aromatic heterocycles. The first kappa shape index (κ1) is 17.7. The smallest absolute Gasteiger partial charge is 0.251 e. The number of nitrogens with zero attached hydrogens (tertiary/aromatic N) is 4. The Balaban J connectivity index is 1.57. The maximum Gasteiger partial charge on any atom is 0.251 e. The SMILES string of the molecule is Cc1cc(=O)[nH]c(SCC(=O)N2CCCCC2CCn2cccn2)n1. The Kier molecular flexibility index (Phi) is 5.91. The highest BCUT2D eigenvalue weighted by atomic mass is 32.2. The van der Waals surface area contributed by atoms with Crippen molar-refractivity contribution in [2.75, 3.05) is 12.3 Å². The van der Waals surface area contributed by atoms with Gasteiger partial charge >= 0.3 is 0 Å². The second-order valence-corrected chi connectivity index (χ2v) is 7.24. The van der Waals surface area contributed by atoms with Crippen molar-refractivity contribution in [3.8, 4) is 0 Å². The van der Waals surface area contributed by atoms with Crippen molar-refractivity contribution < 1.29 is 4.79 Å². The van der Waals surface area contributed by atoms with E-state index in [2.05, 4.69) is 15.1 Å². The zero-order valence-electron chi connectivity index (χ0n) is 14.4. The molecule has 1 aliphatic rings. The van der Waals surface area contributed by atoms with Gasteiger partial charge in [-0.3, -0.25) is 14.3 Å². The van der Waals surface area contributed by atoms with Gasteiger partial charge in [0.2, 0.25) is 5.91 Å². The molecular formula is C17H23N5O2S. The number of rotatable bonds is 6.